The largest absolute Gasteiger partial charge is 0.433 e. The predicted molar refractivity (Wildman–Crippen MR) is 147 cm³/mol. The number of likely N-dealkylation sites (N-methyl/N-ethyl adjacent to an activating group) is 1. The molecule has 0 aromatic carbocycles. The number of carbonyl (C=O) groups is 3. The Labute approximate surface area is 251 Å². The fourth-order valence-electron chi connectivity index (χ4n) is 7.29. The maximum absolute atomic E-state index is 14.3. The molecule has 4 fully saturated rings. The van der Waals surface area contributed by atoms with E-state index < -0.39 is 47.4 Å². The van der Waals surface area contributed by atoms with Crippen LogP contribution in [0.15, 0.2) is 18.2 Å². The Morgan fingerprint density at radius 1 is 1.14 bits per heavy atom. The second-order valence-corrected chi connectivity index (χ2v) is 12.3. The van der Waals surface area contributed by atoms with E-state index in [1.54, 1.807) is 16.5 Å². The first-order valence-electron chi connectivity index (χ1n) is 15.2. The second-order valence-electron chi connectivity index (χ2n) is 12.3. The third-order valence-electron chi connectivity index (χ3n) is 9.63. The average Bonchev–Trinajstić information content (AvgIpc) is 3.94. The molecule has 7 rings (SSSR count). The van der Waals surface area contributed by atoms with Crippen LogP contribution in [0.3, 0.4) is 0 Å². The molecule has 2 aromatic heterocycles. The molecule has 11 nitrogen and oxygen atoms in total. The van der Waals surface area contributed by atoms with Crippen molar-refractivity contribution in [3.8, 4) is 6.07 Å². The van der Waals surface area contributed by atoms with Crippen LogP contribution in [0.25, 0.3) is 0 Å². The van der Waals surface area contributed by atoms with E-state index in [-0.39, 0.29) is 42.1 Å². The van der Waals surface area contributed by atoms with Gasteiger partial charge in [-0.15, -0.1) is 0 Å². The summed E-state index contributed by atoms with van der Waals surface area (Å²) >= 11 is 0. The molecular weight excluding hydrogens is 579 g/mol. The Morgan fingerprint density at radius 3 is 2.55 bits per heavy atom. The Bertz CT molecular complexity index is 1560. The molecule has 232 valence electrons. The molecule has 44 heavy (non-hydrogen) atoms. The molecule has 3 aliphatic heterocycles. The van der Waals surface area contributed by atoms with Gasteiger partial charge >= 0.3 is 6.18 Å². The first kappa shape index (κ1) is 28.8. The summed E-state index contributed by atoms with van der Waals surface area (Å²) in [5, 5.41) is 17.5. The lowest BCUT2D eigenvalue weighted by Gasteiger charge is -2.39. The van der Waals surface area contributed by atoms with Crippen LogP contribution in [0.2, 0.25) is 0 Å². The summed E-state index contributed by atoms with van der Waals surface area (Å²) in [5.74, 6) is -1.54. The first-order chi connectivity index (χ1) is 21.1. The van der Waals surface area contributed by atoms with Gasteiger partial charge in [0.2, 0.25) is 0 Å². The van der Waals surface area contributed by atoms with Gasteiger partial charge in [-0.2, -0.15) is 23.5 Å². The number of nitriles is 1. The van der Waals surface area contributed by atoms with E-state index in [0.29, 0.717) is 43.9 Å². The fourth-order valence-corrected chi connectivity index (χ4v) is 7.29. The van der Waals surface area contributed by atoms with Gasteiger partial charge in [-0.1, -0.05) is 6.07 Å². The van der Waals surface area contributed by atoms with Crippen LogP contribution in [0.1, 0.15) is 89.6 Å². The van der Waals surface area contributed by atoms with Crippen molar-refractivity contribution in [3.05, 3.63) is 40.8 Å². The van der Waals surface area contributed by atoms with Crippen LogP contribution >= 0.6 is 0 Å². The molecule has 1 N–H and O–H groups in total. The molecule has 0 unspecified atom stereocenters. The average molecular weight is 612 g/mol. The number of halogens is 3. The molecule has 14 heteroatoms. The lowest BCUT2D eigenvalue weighted by Crippen LogP contribution is -2.56. The number of piperidine rings is 1. The van der Waals surface area contributed by atoms with Crippen LogP contribution in [0.5, 0.6) is 0 Å². The van der Waals surface area contributed by atoms with Gasteiger partial charge in [0.1, 0.15) is 29.3 Å². The molecule has 2 saturated carbocycles. The maximum atomic E-state index is 14.3. The van der Waals surface area contributed by atoms with Crippen molar-refractivity contribution in [2.24, 2.45) is 11.8 Å². The minimum Gasteiger partial charge on any atom is -0.381 e. The number of amides is 3. The molecule has 2 saturated heterocycles. The summed E-state index contributed by atoms with van der Waals surface area (Å²) in [6.07, 6.45) is -0.513. The second kappa shape index (κ2) is 10.6. The topological polar surface area (TPSA) is 133 Å². The van der Waals surface area contributed by atoms with E-state index in [1.165, 1.54) is 11.0 Å². The minimum atomic E-state index is -4.74. The Hall–Kier alpha value is -3.99. The van der Waals surface area contributed by atoms with E-state index >= 15 is 0 Å². The van der Waals surface area contributed by atoms with Crippen LogP contribution in [-0.4, -0.2) is 75.3 Å². The number of alkyl halides is 3. The molecule has 0 bridgehead atoms. The van der Waals surface area contributed by atoms with Crippen LogP contribution in [0.4, 0.5) is 19.0 Å². The Balaban J connectivity index is 1.33. The van der Waals surface area contributed by atoms with Crippen molar-refractivity contribution in [3.63, 3.8) is 0 Å². The number of carbonyl (C=O) groups excluding carboxylic acids is 3. The summed E-state index contributed by atoms with van der Waals surface area (Å²) in [5.41, 5.74) is -0.927. The summed E-state index contributed by atoms with van der Waals surface area (Å²) in [4.78, 5) is 48.6. The number of nitrogens with one attached hydrogen (secondary N) is 1. The van der Waals surface area contributed by atoms with E-state index in [9.17, 15) is 32.8 Å². The highest BCUT2D eigenvalue weighted by Gasteiger charge is 2.57. The van der Waals surface area contributed by atoms with Gasteiger partial charge in [-0.05, 0) is 69.4 Å². The minimum absolute atomic E-state index is 0.0228. The number of ether oxygens (including phenoxy) is 1. The first-order valence-corrected chi connectivity index (χ1v) is 15.2. The van der Waals surface area contributed by atoms with Gasteiger partial charge in [0, 0.05) is 37.3 Å². The van der Waals surface area contributed by atoms with Gasteiger partial charge in [0.15, 0.2) is 5.69 Å². The molecule has 0 spiro atoms. The van der Waals surface area contributed by atoms with Crippen molar-refractivity contribution in [1.29, 1.82) is 5.26 Å². The zero-order valence-corrected chi connectivity index (χ0v) is 24.1. The summed E-state index contributed by atoms with van der Waals surface area (Å²) in [6, 6.07) is 3.46. The number of pyridine rings is 1. The number of likely N-dealkylation sites (tertiary alicyclic amines) is 1. The molecular formula is C30H32F3N7O4. The quantitative estimate of drug-likeness (QED) is 0.529. The number of nitrogens with zero attached hydrogens (tertiary/aromatic N) is 6. The van der Waals surface area contributed by atoms with E-state index in [4.69, 9.17) is 9.84 Å². The third kappa shape index (κ3) is 4.72. The van der Waals surface area contributed by atoms with Crippen LogP contribution in [-0.2, 0) is 15.7 Å². The molecule has 5 atom stereocenters. The summed E-state index contributed by atoms with van der Waals surface area (Å²) in [7, 11) is 0. The molecule has 2 aromatic rings. The molecule has 5 heterocycles. The Morgan fingerprint density at radius 2 is 1.89 bits per heavy atom. The van der Waals surface area contributed by atoms with Crippen molar-refractivity contribution in [2.45, 2.75) is 81.7 Å². The van der Waals surface area contributed by atoms with Gasteiger partial charge in [0.05, 0.1) is 12.1 Å². The molecule has 0 radical (unpaired) electrons. The SMILES string of the molecule is CCN1C(=O)[C@@H](NC(=O)c2cccc(C(F)(F)F)n2)[C@@H](C2CC2)c2c(C(=O)N3[C@H](C#N)C[C@H]4C[C@H]43)nn(C3CCOCC3)c21. The van der Waals surface area contributed by atoms with Crippen molar-refractivity contribution in [2.75, 3.05) is 24.7 Å². The summed E-state index contributed by atoms with van der Waals surface area (Å²) in [6.45, 7) is 3.01. The Kier molecular flexibility index (Phi) is 6.91. The zero-order valence-electron chi connectivity index (χ0n) is 24.1. The van der Waals surface area contributed by atoms with E-state index in [0.717, 1.165) is 31.4 Å². The van der Waals surface area contributed by atoms with E-state index in [2.05, 4.69) is 16.4 Å². The van der Waals surface area contributed by atoms with Crippen molar-refractivity contribution in [1.82, 2.24) is 25.0 Å². The highest BCUT2D eigenvalue weighted by Crippen LogP contribution is 2.53. The van der Waals surface area contributed by atoms with E-state index in [1.807, 2.05) is 0 Å². The van der Waals surface area contributed by atoms with Crippen LogP contribution < -0.4 is 10.2 Å². The van der Waals surface area contributed by atoms with Crippen LogP contribution in [0, 0.1) is 23.2 Å². The normalized spacial score (nSPS) is 28.3. The predicted octanol–water partition coefficient (Wildman–Crippen LogP) is 3.43. The smallest absolute Gasteiger partial charge is 0.381 e. The lowest BCUT2D eigenvalue weighted by molar-refractivity contribution is -0.141. The van der Waals surface area contributed by atoms with Crippen molar-refractivity contribution >= 4 is 23.5 Å². The zero-order chi connectivity index (χ0) is 30.9. The standard InChI is InChI=1S/C30H32F3N7O4/c1-2-38-27-23(22(15-6-7-15)24(28(38)42)36-26(41)19-4-3-5-21(35-19)30(31,32)33)25(37-40(27)17-8-10-44-11-9-17)29(43)39-18(14-34)12-16-13-20(16)39/h3-5,15-18,20,22,24H,2,6-13H2,1H3,(H,36,41)/t16-,18-,20+,22-,24-/m0/s1. The van der Waals surface area contributed by atoms with Gasteiger partial charge in [-0.25, -0.2) is 9.67 Å². The number of anilines is 1. The molecule has 3 amide bonds. The highest BCUT2D eigenvalue weighted by molar-refractivity contribution is 6.07. The van der Waals surface area contributed by atoms with Gasteiger partial charge in [-0.3, -0.25) is 19.3 Å². The number of aromatic nitrogens is 3. The number of hydrogen-bond acceptors (Lipinski definition) is 7. The van der Waals surface area contributed by atoms with Gasteiger partial charge < -0.3 is 15.0 Å². The van der Waals surface area contributed by atoms with Crippen molar-refractivity contribution < 1.29 is 32.3 Å². The monoisotopic (exact) mass is 611 g/mol. The third-order valence-corrected chi connectivity index (χ3v) is 9.63. The highest BCUT2D eigenvalue weighted by atomic mass is 19.4. The number of fused-ring (bicyclic) bond motifs is 2. The molecule has 5 aliphatic rings. The fraction of sp³-hybridized carbons (Fsp3) is 0.600. The maximum Gasteiger partial charge on any atom is 0.433 e. The van der Waals surface area contributed by atoms with Gasteiger partial charge in [0.25, 0.3) is 17.7 Å². The number of rotatable bonds is 6. The summed E-state index contributed by atoms with van der Waals surface area (Å²) < 4.78 is 47.4. The lowest BCUT2D eigenvalue weighted by atomic mass is 9.82. The molecule has 2 aliphatic carbocycles. The number of hydrogen-bond donors (Lipinski definition) is 1.